The maximum absolute atomic E-state index is 13.0. The number of carbonyl (C=O) groups is 1. The maximum Gasteiger partial charge on any atom is 0.241 e. The van der Waals surface area contributed by atoms with E-state index in [0.717, 1.165) is 31.7 Å². The van der Waals surface area contributed by atoms with Gasteiger partial charge in [-0.2, -0.15) is 4.31 Å². The highest BCUT2D eigenvalue weighted by molar-refractivity contribution is 7.88. The molecule has 2 saturated heterocycles. The van der Waals surface area contributed by atoms with E-state index in [2.05, 4.69) is 30.7 Å². The third kappa shape index (κ3) is 4.93. The molecule has 0 saturated carbocycles. The topological polar surface area (TPSA) is 87.0 Å². The SMILES string of the molecule is CC(C)(C)c1cnc(CN2CCCN(C(=O)C3CCCN3S(C)(=O)=O)CC2)o1. The maximum atomic E-state index is 13.0. The first-order valence-corrected chi connectivity index (χ1v) is 11.8. The number of carbonyl (C=O) groups excluding carboxylic acids is 1. The number of hydrogen-bond acceptors (Lipinski definition) is 6. The summed E-state index contributed by atoms with van der Waals surface area (Å²) in [7, 11) is -3.35. The van der Waals surface area contributed by atoms with E-state index in [-0.39, 0.29) is 11.3 Å². The van der Waals surface area contributed by atoms with Gasteiger partial charge in [-0.15, -0.1) is 0 Å². The smallest absolute Gasteiger partial charge is 0.241 e. The highest BCUT2D eigenvalue weighted by atomic mass is 32.2. The lowest BCUT2D eigenvalue weighted by molar-refractivity contribution is -0.134. The number of sulfonamides is 1. The first kappa shape index (κ1) is 21.3. The Kier molecular flexibility index (Phi) is 6.17. The Hall–Kier alpha value is -1.45. The van der Waals surface area contributed by atoms with Gasteiger partial charge in [0.2, 0.25) is 21.8 Å². The third-order valence-electron chi connectivity index (χ3n) is 5.47. The lowest BCUT2D eigenvalue weighted by Gasteiger charge is -2.28. The van der Waals surface area contributed by atoms with Crippen molar-refractivity contribution in [3.63, 3.8) is 0 Å². The number of rotatable bonds is 4. The molecular formula is C19H32N4O4S. The molecule has 1 unspecified atom stereocenters. The molecule has 2 aliphatic rings. The summed E-state index contributed by atoms with van der Waals surface area (Å²) in [4.78, 5) is 21.4. The Morgan fingerprint density at radius 3 is 2.57 bits per heavy atom. The van der Waals surface area contributed by atoms with Gasteiger partial charge in [-0.05, 0) is 19.3 Å². The molecule has 0 bridgehead atoms. The predicted molar refractivity (Wildman–Crippen MR) is 106 cm³/mol. The van der Waals surface area contributed by atoms with E-state index in [1.54, 1.807) is 6.20 Å². The molecule has 0 aromatic carbocycles. The van der Waals surface area contributed by atoms with Crippen LogP contribution in [0.2, 0.25) is 0 Å². The first-order valence-electron chi connectivity index (χ1n) is 9.99. The zero-order valence-corrected chi connectivity index (χ0v) is 18.2. The fraction of sp³-hybridized carbons (Fsp3) is 0.789. The van der Waals surface area contributed by atoms with Crippen molar-refractivity contribution < 1.29 is 17.6 Å². The molecule has 0 aliphatic carbocycles. The Balaban J connectivity index is 1.59. The molecule has 3 rings (SSSR count). The molecule has 1 atom stereocenters. The molecule has 9 heteroatoms. The minimum atomic E-state index is -3.35. The second-order valence-electron chi connectivity index (χ2n) is 8.85. The van der Waals surface area contributed by atoms with Gasteiger partial charge in [0.25, 0.3) is 0 Å². The van der Waals surface area contributed by atoms with E-state index in [1.165, 1.54) is 10.6 Å². The quantitative estimate of drug-likeness (QED) is 0.744. The van der Waals surface area contributed by atoms with Crippen LogP contribution in [-0.2, 0) is 26.8 Å². The highest BCUT2D eigenvalue weighted by Gasteiger charge is 2.38. The normalized spacial score (nSPS) is 23.1. The summed E-state index contributed by atoms with van der Waals surface area (Å²) in [5, 5.41) is 0. The summed E-state index contributed by atoms with van der Waals surface area (Å²) >= 11 is 0. The lowest BCUT2D eigenvalue weighted by atomic mass is 9.94. The van der Waals surface area contributed by atoms with E-state index in [9.17, 15) is 13.2 Å². The molecule has 2 fully saturated rings. The van der Waals surface area contributed by atoms with Crippen LogP contribution in [0.25, 0.3) is 0 Å². The minimum absolute atomic E-state index is 0.0593. The van der Waals surface area contributed by atoms with Crippen LogP contribution < -0.4 is 0 Å². The van der Waals surface area contributed by atoms with Crippen molar-refractivity contribution in [1.29, 1.82) is 0 Å². The van der Waals surface area contributed by atoms with Gasteiger partial charge in [0.1, 0.15) is 11.8 Å². The monoisotopic (exact) mass is 412 g/mol. The van der Waals surface area contributed by atoms with Crippen molar-refractivity contribution in [1.82, 2.24) is 19.1 Å². The fourth-order valence-electron chi connectivity index (χ4n) is 3.87. The second kappa shape index (κ2) is 8.12. The number of amides is 1. The van der Waals surface area contributed by atoms with E-state index < -0.39 is 16.1 Å². The van der Waals surface area contributed by atoms with E-state index in [4.69, 9.17) is 4.42 Å². The Bertz CT molecular complexity index is 799. The Morgan fingerprint density at radius 1 is 1.18 bits per heavy atom. The van der Waals surface area contributed by atoms with Gasteiger partial charge >= 0.3 is 0 Å². The van der Waals surface area contributed by atoms with E-state index in [0.29, 0.717) is 38.5 Å². The minimum Gasteiger partial charge on any atom is -0.444 e. The van der Waals surface area contributed by atoms with Crippen molar-refractivity contribution in [2.75, 3.05) is 39.0 Å². The average Bonchev–Trinajstić information content (AvgIpc) is 3.20. The third-order valence-corrected chi connectivity index (χ3v) is 6.76. The molecule has 2 aliphatic heterocycles. The molecule has 158 valence electrons. The molecule has 0 radical (unpaired) electrons. The zero-order chi connectivity index (χ0) is 20.5. The Labute approximate surface area is 167 Å². The van der Waals surface area contributed by atoms with Crippen LogP contribution >= 0.6 is 0 Å². The highest BCUT2D eigenvalue weighted by Crippen LogP contribution is 2.24. The van der Waals surface area contributed by atoms with Gasteiger partial charge in [-0.1, -0.05) is 20.8 Å². The van der Waals surface area contributed by atoms with Crippen LogP contribution in [0.4, 0.5) is 0 Å². The standard InChI is InChI=1S/C19H32N4O4S/c1-19(2,3)16-13-20-17(27-16)14-21-8-6-9-22(12-11-21)18(24)15-7-5-10-23(15)28(4,25)26/h13,15H,5-12,14H2,1-4H3. The Morgan fingerprint density at radius 2 is 1.93 bits per heavy atom. The molecule has 0 N–H and O–H groups in total. The number of nitrogens with zero attached hydrogens (tertiary/aromatic N) is 4. The second-order valence-corrected chi connectivity index (χ2v) is 10.8. The number of aromatic nitrogens is 1. The number of hydrogen-bond donors (Lipinski definition) is 0. The zero-order valence-electron chi connectivity index (χ0n) is 17.3. The van der Waals surface area contributed by atoms with Gasteiger partial charge in [-0.25, -0.2) is 13.4 Å². The predicted octanol–water partition coefficient (Wildman–Crippen LogP) is 1.43. The molecule has 1 aromatic heterocycles. The molecule has 3 heterocycles. The lowest BCUT2D eigenvalue weighted by Crippen LogP contribution is -2.48. The van der Waals surface area contributed by atoms with Crippen LogP contribution in [0.5, 0.6) is 0 Å². The fourth-order valence-corrected chi connectivity index (χ4v) is 4.98. The average molecular weight is 413 g/mol. The van der Waals surface area contributed by atoms with Crippen LogP contribution in [-0.4, -0.2) is 78.4 Å². The van der Waals surface area contributed by atoms with Gasteiger partial charge in [0, 0.05) is 38.1 Å². The molecular weight excluding hydrogens is 380 g/mol. The summed E-state index contributed by atoms with van der Waals surface area (Å²) in [6.07, 6.45) is 5.18. The summed E-state index contributed by atoms with van der Waals surface area (Å²) in [6, 6.07) is -0.539. The summed E-state index contributed by atoms with van der Waals surface area (Å²) in [5.74, 6) is 1.51. The van der Waals surface area contributed by atoms with Crippen molar-refractivity contribution in [2.45, 2.75) is 58.0 Å². The van der Waals surface area contributed by atoms with Crippen LogP contribution in [0.3, 0.4) is 0 Å². The summed E-state index contributed by atoms with van der Waals surface area (Å²) < 4.78 is 31.2. The van der Waals surface area contributed by atoms with Crippen LogP contribution in [0, 0.1) is 0 Å². The molecule has 28 heavy (non-hydrogen) atoms. The van der Waals surface area contributed by atoms with Crippen molar-refractivity contribution in [3.8, 4) is 0 Å². The van der Waals surface area contributed by atoms with Crippen LogP contribution in [0.15, 0.2) is 10.6 Å². The molecule has 0 spiro atoms. The van der Waals surface area contributed by atoms with Crippen molar-refractivity contribution in [3.05, 3.63) is 17.8 Å². The summed E-state index contributed by atoms with van der Waals surface area (Å²) in [6.45, 7) is 10.2. The van der Waals surface area contributed by atoms with Gasteiger partial charge in [0.15, 0.2) is 0 Å². The summed E-state index contributed by atoms with van der Waals surface area (Å²) in [5.41, 5.74) is -0.0694. The van der Waals surface area contributed by atoms with Gasteiger partial charge in [-0.3, -0.25) is 9.69 Å². The van der Waals surface area contributed by atoms with E-state index >= 15 is 0 Å². The molecule has 1 aromatic rings. The molecule has 1 amide bonds. The van der Waals surface area contributed by atoms with Gasteiger partial charge < -0.3 is 9.32 Å². The van der Waals surface area contributed by atoms with E-state index in [1.807, 2.05) is 4.90 Å². The number of oxazole rings is 1. The molecule has 8 nitrogen and oxygen atoms in total. The first-order chi connectivity index (χ1) is 13.1. The van der Waals surface area contributed by atoms with Crippen LogP contribution in [0.1, 0.15) is 51.7 Å². The largest absolute Gasteiger partial charge is 0.444 e. The van der Waals surface area contributed by atoms with Crippen molar-refractivity contribution in [2.24, 2.45) is 0 Å². The van der Waals surface area contributed by atoms with Crippen molar-refractivity contribution >= 4 is 15.9 Å². The van der Waals surface area contributed by atoms with Gasteiger partial charge in [0.05, 0.1) is 19.0 Å².